The van der Waals surface area contributed by atoms with Crippen LogP contribution in [-0.4, -0.2) is 37.6 Å². The van der Waals surface area contributed by atoms with E-state index in [4.69, 9.17) is 9.47 Å². The zero-order valence-corrected chi connectivity index (χ0v) is 19.2. The van der Waals surface area contributed by atoms with Gasteiger partial charge in [0.2, 0.25) is 0 Å². The number of rotatable bonds is 8. The highest BCUT2D eigenvalue weighted by Gasteiger charge is 2.32. The van der Waals surface area contributed by atoms with Crippen LogP contribution in [0, 0.1) is 11.8 Å². The molecule has 1 aromatic heterocycles. The highest BCUT2D eigenvalue weighted by molar-refractivity contribution is 9.10. The van der Waals surface area contributed by atoms with Gasteiger partial charge in [0, 0.05) is 32.5 Å². The largest absolute Gasteiger partial charge is 0.417 e. The van der Waals surface area contributed by atoms with Gasteiger partial charge in [-0.3, -0.25) is 0 Å². The average molecular weight is 493 g/mol. The van der Waals surface area contributed by atoms with Crippen molar-refractivity contribution in [3.05, 3.63) is 22.3 Å². The van der Waals surface area contributed by atoms with E-state index in [1.807, 2.05) is 6.92 Å². The Morgan fingerprint density at radius 3 is 2.50 bits per heavy atom. The van der Waals surface area contributed by atoms with E-state index in [0.717, 1.165) is 64.1 Å². The number of hydrogen-bond donors (Lipinski definition) is 0. The third-order valence-corrected chi connectivity index (χ3v) is 6.83. The van der Waals surface area contributed by atoms with Gasteiger partial charge in [-0.15, -0.1) is 0 Å². The highest BCUT2D eigenvalue weighted by Crippen LogP contribution is 2.36. The first-order valence-corrected chi connectivity index (χ1v) is 11.9. The maximum Gasteiger partial charge on any atom is 0.417 e. The molecule has 2 fully saturated rings. The molecule has 0 amide bonds. The Balaban J connectivity index is 1.44. The van der Waals surface area contributed by atoms with E-state index in [-0.39, 0.29) is 6.29 Å². The number of aromatic nitrogens is 1. The highest BCUT2D eigenvalue weighted by atomic mass is 79.9. The second kappa shape index (κ2) is 11.1. The van der Waals surface area contributed by atoms with E-state index in [1.54, 1.807) is 0 Å². The van der Waals surface area contributed by atoms with Crippen LogP contribution >= 0.6 is 15.9 Å². The Bertz CT molecular complexity index is 660. The first-order chi connectivity index (χ1) is 14.4. The van der Waals surface area contributed by atoms with Crippen molar-refractivity contribution >= 4 is 21.7 Å². The summed E-state index contributed by atoms with van der Waals surface area (Å²) < 4.78 is 50.6. The fourth-order valence-electron chi connectivity index (χ4n) is 4.41. The van der Waals surface area contributed by atoms with Crippen molar-refractivity contribution in [1.82, 2.24) is 4.98 Å². The minimum Gasteiger partial charge on any atom is -0.356 e. The van der Waals surface area contributed by atoms with Crippen LogP contribution in [0.3, 0.4) is 0 Å². The van der Waals surface area contributed by atoms with Crippen molar-refractivity contribution in [1.29, 1.82) is 0 Å². The molecule has 1 saturated carbocycles. The van der Waals surface area contributed by atoms with Crippen molar-refractivity contribution in [2.45, 2.75) is 70.8 Å². The Kier molecular flexibility index (Phi) is 8.83. The van der Waals surface area contributed by atoms with Crippen LogP contribution in [0.15, 0.2) is 16.7 Å². The Morgan fingerprint density at radius 1 is 1.17 bits per heavy atom. The van der Waals surface area contributed by atoms with Crippen LogP contribution in [-0.2, 0) is 15.7 Å². The van der Waals surface area contributed by atoms with E-state index >= 15 is 0 Å². The lowest BCUT2D eigenvalue weighted by molar-refractivity contribution is -0.164. The van der Waals surface area contributed by atoms with Crippen LogP contribution in [0.5, 0.6) is 0 Å². The molecule has 1 aromatic rings. The smallest absolute Gasteiger partial charge is 0.356 e. The van der Waals surface area contributed by atoms with Gasteiger partial charge < -0.3 is 14.4 Å². The second-order valence-corrected chi connectivity index (χ2v) is 9.26. The van der Waals surface area contributed by atoms with Gasteiger partial charge in [0.25, 0.3) is 0 Å². The molecule has 0 bridgehead atoms. The molecule has 170 valence electrons. The molecule has 3 rings (SSSR count). The lowest BCUT2D eigenvalue weighted by atomic mass is 9.80. The molecule has 30 heavy (non-hydrogen) atoms. The summed E-state index contributed by atoms with van der Waals surface area (Å²) in [5.41, 5.74) is -0.726. The molecule has 0 spiro atoms. The Hall–Kier alpha value is -0.860. The standard InChI is InChI=1S/C22H32BrF3N2O2/c1-2-28(21-19(23)13-18(14-27-21)22(24,25)26)15-17-8-6-16(7-9-17)10-12-30-20-5-3-4-11-29-20/h13-14,16-17,20H,2-12,15H2,1H3. The quantitative estimate of drug-likeness (QED) is 0.418. The molecular weight excluding hydrogens is 461 g/mol. The number of alkyl halides is 3. The van der Waals surface area contributed by atoms with E-state index in [2.05, 4.69) is 25.8 Å². The summed E-state index contributed by atoms with van der Waals surface area (Å²) in [6.07, 6.45) is 5.58. The molecule has 1 saturated heterocycles. The molecule has 0 radical (unpaired) electrons. The third-order valence-electron chi connectivity index (χ3n) is 6.24. The predicted molar refractivity (Wildman–Crippen MR) is 114 cm³/mol. The Labute approximate surface area is 185 Å². The predicted octanol–water partition coefficient (Wildman–Crippen LogP) is 6.43. The molecular formula is C22H32BrF3N2O2. The number of ether oxygens (including phenoxy) is 2. The van der Waals surface area contributed by atoms with E-state index in [9.17, 15) is 13.2 Å². The molecule has 1 unspecified atom stereocenters. The summed E-state index contributed by atoms with van der Waals surface area (Å²) in [5, 5.41) is 0. The second-order valence-electron chi connectivity index (χ2n) is 8.41. The topological polar surface area (TPSA) is 34.6 Å². The molecule has 2 heterocycles. The van der Waals surface area contributed by atoms with Gasteiger partial charge in [0.1, 0.15) is 5.82 Å². The van der Waals surface area contributed by atoms with Crippen molar-refractivity contribution < 1.29 is 22.6 Å². The van der Waals surface area contributed by atoms with E-state index < -0.39 is 11.7 Å². The third kappa shape index (κ3) is 6.82. The van der Waals surface area contributed by atoms with E-state index in [1.165, 1.54) is 19.3 Å². The van der Waals surface area contributed by atoms with Gasteiger partial charge in [-0.25, -0.2) is 4.98 Å². The van der Waals surface area contributed by atoms with Gasteiger partial charge >= 0.3 is 6.18 Å². The molecule has 0 N–H and O–H groups in total. The van der Waals surface area contributed by atoms with Crippen molar-refractivity contribution in [2.24, 2.45) is 11.8 Å². The number of halogens is 4. The van der Waals surface area contributed by atoms with Gasteiger partial charge in [-0.2, -0.15) is 13.2 Å². The zero-order chi connectivity index (χ0) is 21.6. The lowest BCUT2D eigenvalue weighted by Gasteiger charge is -2.33. The van der Waals surface area contributed by atoms with Gasteiger partial charge in [0.15, 0.2) is 6.29 Å². The average Bonchev–Trinajstić information content (AvgIpc) is 2.73. The van der Waals surface area contributed by atoms with Crippen LogP contribution in [0.2, 0.25) is 0 Å². The SMILES string of the molecule is CCN(CC1CCC(CCOC2CCCCO2)CC1)c1ncc(C(F)(F)F)cc1Br. The lowest BCUT2D eigenvalue weighted by Crippen LogP contribution is -2.32. The first-order valence-electron chi connectivity index (χ1n) is 11.1. The minimum atomic E-state index is -4.38. The van der Waals surface area contributed by atoms with Crippen LogP contribution < -0.4 is 4.90 Å². The molecule has 4 nitrogen and oxygen atoms in total. The fourth-order valence-corrected chi connectivity index (χ4v) is 5.01. The number of anilines is 1. The van der Waals surface area contributed by atoms with Crippen molar-refractivity contribution in [3.63, 3.8) is 0 Å². The normalized spacial score (nSPS) is 25.3. The molecule has 1 aliphatic heterocycles. The van der Waals surface area contributed by atoms with Gasteiger partial charge in [-0.05, 0) is 79.3 Å². The van der Waals surface area contributed by atoms with Crippen molar-refractivity contribution in [3.8, 4) is 0 Å². The number of nitrogens with zero attached hydrogens (tertiary/aromatic N) is 2. The summed E-state index contributed by atoms with van der Waals surface area (Å²) in [5.74, 6) is 1.82. The molecule has 0 aromatic carbocycles. The number of hydrogen-bond acceptors (Lipinski definition) is 4. The Morgan fingerprint density at radius 2 is 1.90 bits per heavy atom. The van der Waals surface area contributed by atoms with Crippen molar-refractivity contribution in [2.75, 3.05) is 31.2 Å². The van der Waals surface area contributed by atoms with Gasteiger partial charge in [-0.1, -0.05) is 12.8 Å². The summed E-state index contributed by atoms with van der Waals surface area (Å²) in [7, 11) is 0. The van der Waals surface area contributed by atoms with Crippen LogP contribution in [0.1, 0.15) is 63.9 Å². The van der Waals surface area contributed by atoms with E-state index in [0.29, 0.717) is 28.7 Å². The number of pyridine rings is 1. The molecule has 8 heteroatoms. The fraction of sp³-hybridized carbons (Fsp3) is 0.773. The monoisotopic (exact) mass is 492 g/mol. The summed E-state index contributed by atoms with van der Waals surface area (Å²) >= 11 is 3.29. The van der Waals surface area contributed by atoms with Crippen LogP contribution in [0.25, 0.3) is 0 Å². The zero-order valence-electron chi connectivity index (χ0n) is 17.6. The minimum absolute atomic E-state index is 0.0112. The first kappa shape index (κ1) is 23.8. The summed E-state index contributed by atoms with van der Waals surface area (Å²) in [6.45, 7) is 5.14. The maximum absolute atomic E-state index is 12.9. The molecule has 1 aliphatic carbocycles. The van der Waals surface area contributed by atoms with Crippen LogP contribution in [0.4, 0.5) is 19.0 Å². The summed E-state index contributed by atoms with van der Waals surface area (Å²) in [4.78, 5) is 6.19. The maximum atomic E-state index is 12.9. The summed E-state index contributed by atoms with van der Waals surface area (Å²) in [6, 6.07) is 1.12. The van der Waals surface area contributed by atoms with Gasteiger partial charge in [0.05, 0.1) is 10.0 Å². The molecule has 1 atom stereocenters. The molecule has 2 aliphatic rings.